The molecule has 0 fully saturated rings. The summed E-state index contributed by atoms with van der Waals surface area (Å²) in [5.74, 6) is 0.777. The van der Waals surface area contributed by atoms with E-state index in [9.17, 15) is 4.79 Å². The fourth-order valence-electron chi connectivity index (χ4n) is 4.21. The van der Waals surface area contributed by atoms with Gasteiger partial charge in [-0.05, 0) is 59.4 Å². The van der Waals surface area contributed by atoms with Crippen LogP contribution in [0.5, 0.6) is 5.75 Å². The monoisotopic (exact) mass is 414 g/mol. The van der Waals surface area contributed by atoms with Gasteiger partial charge < -0.3 is 10.1 Å². The number of nitrogens with one attached hydrogen (secondary N) is 1. The van der Waals surface area contributed by atoms with Crippen LogP contribution in [0.25, 0.3) is 0 Å². The van der Waals surface area contributed by atoms with Crippen molar-refractivity contribution < 1.29 is 9.53 Å². The highest BCUT2D eigenvalue weighted by Gasteiger charge is 2.17. The van der Waals surface area contributed by atoms with Gasteiger partial charge in [-0.1, -0.05) is 55.5 Å². The van der Waals surface area contributed by atoms with Crippen LogP contribution in [0.15, 0.2) is 72.8 Å². The average molecular weight is 415 g/mol. The molecule has 0 radical (unpaired) electrons. The van der Waals surface area contributed by atoms with E-state index >= 15 is 0 Å². The van der Waals surface area contributed by atoms with E-state index in [-0.39, 0.29) is 11.9 Å². The van der Waals surface area contributed by atoms with Gasteiger partial charge in [0, 0.05) is 25.2 Å². The standard InChI is InChI=1S/C27H30N2O2/c1-3-26(22-12-14-25(31-2)15-13-22)28-27(30)23-10-8-20(9-11-23)18-29-17-16-21-6-4-5-7-24(21)19-29/h4-15,26H,3,16-19H2,1-2H3,(H,28,30)/t26-/m1/s1. The molecule has 4 heteroatoms. The Hall–Kier alpha value is -3.11. The molecular weight excluding hydrogens is 384 g/mol. The van der Waals surface area contributed by atoms with Crippen molar-refractivity contribution in [3.8, 4) is 5.75 Å². The lowest BCUT2D eigenvalue weighted by atomic mass is 9.99. The van der Waals surface area contributed by atoms with Gasteiger partial charge in [-0.25, -0.2) is 0 Å². The van der Waals surface area contributed by atoms with Gasteiger partial charge in [0.1, 0.15) is 5.75 Å². The van der Waals surface area contributed by atoms with E-state index < -0.39 is 0 Å². The lowest BCUT2D eigenvalue weighted by Gasteiger charge is -2.28. The van der Waals surface area contributed by atoms with Crippen molar-refractivity contribution in [3.63, 3.8) is 0 Å². The van der Waals surface area contributed by atoms with Gasteiger partial charge in [0.15, 0.2) is 0 Å². The topological polar surface area (TPSA) is 41.6 Å². The van der Waals surface area contributed by atoms with Crippen LogP contribution < -0.4 is 10.1 Å². The molecule has 0 unspecified atom stereocenters. The highest BCUT2D eigenvalue weighted by atomic mass is 16.5. The Morgan fingerprint density at radius 2 is 1.71 bits per heavy atom. The predicted molar refractivity (Wildman–Crippen MR) is 124 cm³/mol. The summed E-state index contributed by atoms with van der Waals surface area (Å²) in [7, 11) is 1.65. The largest absolute Gasteiger partial charge is 0.497 e. The van der Waals surface area contributed by atoms with Gasteiger partial charge in [-0.15, -0.1) is 0 Å². The summed E-state index contributed by atoms with van der Waals surface area (Å²) in [6.45, 7) is 5.03. The van der Waals surface area contributed by atoms with Crippen molar-refractivity contribution >= 4 is 5.91 Å². The van der Waals surface area contributed by atoms with Crippen molar-refractivity contribution in [2.45, 2.75) is 38.9 Å². The minimum Gasteiger partial charge on any atom is -0.497 e. The first-order valence-electron chi connectivity index (χ1n) is 11.0. The molecule has 0 bridgehead atoms. The minimum atomic E-state index is -0.0406. The molecule has 1 N–H and O–H groups in total. The molecule has 4 nitrogen and oxygen atoms in total. The van der Waals surface area contributed by atoms with Crippen LogP contribution in [0.2, 0.25) is 0 Å². The second-order valence-corrected chi connectivity index (χ2v) is 8.13. The number of carbonyl (C=O) groups is 1. The van der Waals surface area contributed by atoms with Crippen LogP contribution in [-0.2, 0) is 19.5 Å². The number of amides is 1. The zero-order valence-corrected chi connectivity index (χ0v) is 18.3. The summed E-state index contributed by atoms with van der Waals surface area (Å²) in [5.41, 5.74) is 5.90. The summed E-state index contributed by atoms with van der Waals surface area (Å²) in [6.07, 6.45) is 1.92. The van der Waals surface area contributed by atoms with Crippen LogP contribution in [0, 0.1) is 0 Å². The SMILES string of the molecule is CC[C@@H](NC(=O)c1ccc(CN2CCc3ccccc3C2)cc1)c1ccc(OC)cc1. The first kappa shape index (κ1) is 21.1. The number of ether oxygens (including phenoxy) is 1. The molecular formula is C27H30N2O2. The van der Waals surface area contributed by atoms with E-state index in [2.05, 4.69) is 53.5 Å². The molecule has 1 aliphatic heterocycles. The Kier molecular flexibility index (Phi) is 6.68. The molecule has 1 amide bonds. The van der Waals surface area contributed by atoms with E-state index in [0.29, 0.717) is 5.56 Å². The van der Waals surface area contributed by atoms with Crippen LogP contribution in [0.3, 0.4) is 0 Å². The number of benzene rings is 3. The highest BCUT2D eigenvalue weighted by Crippen LogP contribution is 2.22. The van der Waals surface area contributed by atoms with E-state index in [1.807, 2.05) is 36.4 Å². The van der Waals surface area contributed by atoms with Gasteiger partial charge in [-0.3, -0.25) is 9.69 Å². The fraction of sp³-hybridized carbons (Fsp3) is 0.296. The number of methoxy groups -OCH3 is 1. The summed E-state index contributed by atoms with van der Waals surface area (Å²) >= 11 is 0. The number of rotatable bonds is 7. The molecule has 0 spiro atoms. The maximum Gasteiger partial charge on any atom is 0.251 e. The number of fused-ring (bicyclic) bond motifs is 1. The van der Waals surface area contributed by atoms with Crippen molar-refractivity contribution in [1.82, 2.24) is 10.2 Å². The Balaban J connectivity index is 1.36. The average Bonchev–Trinajstić information content (AvgIpc) is 2.83. The third-order valence-electron chi connectivity index (χ3n) is 6.06. The molecule has 0 aromatic heterocycles. The number of hydrogen-bond donors (Lipinski definition) is 1. The smallest absolute Gasteiger partial charge is 0.251 e. The molecule has 0 saturated heterocycles. The van der Waals surface area contributed by atoms with Crippen molar-refractivity contribution in [3.05, 3.63) is 101 Å². The van der Waals surface area contributed by atoms with Crippen LogP contribution in [0.4, 0.5) is 0 Å². The lowest BCUT2D eigenvalue weighted by molar-refractivity contribution is 0.0935. The van der Waals surface area contributed by atoms with E-state index in [4.69, 9.17) is 4.74 Å². The number of hydrogen-bond acceptors (Lipinski definition) is 3. The molecule has 3 aromatic rings. The molecule has 1 atom stereocenters. The van der Waals surface area contributed by atoms with E-state index in [1.165, 1.54) is 16.7 Å². The lowest BCUT2D eigenvalue weighted by Crippen LogP contribution is -2.30. The zero-order chi connectivity index (χ0) is 21.6. The van der Waals surface area contributed by atoms with Crippen molar-refractivity contribution in [2.75, 3.05) is 13.7 Å². The maximum absolute atomic E-state index is 12.8. The summed E-state index contributed by atoms with van der Waals surface area (Å²) < 4.78 is 5.23. The van der Waals surface area contributed by atoms with Gasteiger partial charge in [-0.2, -0.15) is 0 Å². The molecule has 0 aliphatic carbocycles. The first-order valence-corrected chi connectivity index (χ1v) is 11.0. The van der Waals surface area contributed by atoms with Gasteiger partial charge in [0.05, 0.1) is 13.2 Å². The summed E-state index contributed by atoms with van der Waals surface area (Å²) in [6, 6.07) is 24.6. The molecule has 3 aromatic carbocycles. The highest BCUT2D eigenvalue weighted by molar-refractivity contribution is 5.94. The van der Waals surface area contributed by atoms with Gasteiger partial charge in [0.25, 0.3) is 5.91 Å². The third-order valence-corrected chi connectivity index (χ3v) is 6.06. The molecule has 4 rings (SSSR count). The van der Waals surface area contributed by atoms with Gasteiger partial charge in [0.2, 0.25) is 0 Å². The molecule has 0 saturated carbocycles. The summed E-state index contributed by atoms with van der Waals surface area (Å²) in [4.78, 5) is 15.3. The van der Waals surface area contributed by atoms with Crippen LogP contribution in [-0.4, -0.2) is 24.5 Å². The van der Waals surface area contributed by atoms with E-state index in [1.54, 1.807) is 7.11 Å². The zero-order valence-electron chi connectivity index (χ0n) is 18.3. The van der Waals surface area contributed by atoms with Gasteiger partial charge >= 0.3 is 0 Å². The second kappa shape index (κ2) is 9.80. The quantitative estimate of drug-likeness (QED) is 0.582. The Morgan fingerprint density at radius 1 is 1.00 bits per heavy atom. The third kappa shape index (κ3) is 5.15. The van der Waals surface area contributed by atoms with Crippen molar-refractivity contribution in [2.24, 2.45) is 0 Å². The number of carbonyl (C=O) groups excluding carboxylic acids is 1. The molecule has 1 aliphatic rings. The Morgan fingerprint density at radius 3 is 2.39 bits per heavy atom. The Labute approximate surface area is 184 Å². The minimum absolute atomic E-state index is 0.0218. The second-order valence-electron chi connectivity index (χ2n) is 8.13. The molecule has 1 heterocycles. The van der Waals surface area contributed by atoms with Crippen LogP contribution >= 0.6 is 0 Å². The molecule has 31 heavy (non-hydrogen) atoms. The summed E-state index contributed by atoms with van der Waals surface area (Å²) in [5, 5.41) is 3.16. The number of nitrogens with zero attached hydrogens (tertiary/aromatic N) is 1. The van der Waals surface area contributed by atoms with E-state index in [0.717, 1.165) is 43.8 Å². The van der Waals surface area contributed by atoms with Crippen LogP contribution in [0.1, 0.15) is 52.0 Å². The maximum atomic E-state index is 12.8. The Bertz CT molecular complexity index is 1010. The fourth-order valence-corrected chi connectivity index (χ4v) is 4.21. The van der Waals surface area contributed by atoms with Crippen molar-refractivity contribution in [1.29, 1.82) is 0 Å². The molecule has 160 valence electrons. The normalized spacial score (nSPS) is 14.5. The first-order chi connectivity index (χ1) is 15.2. The predicted octanol–water partition coefficient (Wildman–Crippen LogP) is 5.13.